The lowest BCUT2D eigenvalue weighted by Gasteiger charge is -2.14. The summed E-state index contributed by atoms with van der Waals surface area (Å²) in [4.78, 5) is 22.8. The van der Waals surface area contributed by atoms with Crippen LogP contribution in [-0.4, -0.2) is 43.5 Å². The number of halogens is 3. The van der Waals surface area contributed by atoms with Gasteiger partial charge in [0.15, 0.2) is 0 Å². The van der Waals surface area contributed by atoms with E-state index in [1.54, 1.807) is 13.8 Å². The molecule has 2 atom stereocenters. The molecule has 2 unspecified atom stereocenters. The molecule has 0 radical (unpaired) electrons. The molecule has 0 saturated carbocycles. The summed E-state index contributed by atoms with van der Waals surface area (Å²) in [5.74, 6) is -4.25. The summed E-state index contributed by atoms with van der Waals surface area (Å²) in [6.07, 6.45) is -0.507. The predicted octanol–water partition coefficient (Wildman–Crippen LogP) is 0.721. The number of ether oxygens (including phenoxy) is 1. The Hall–Kier alpha value is -0.950. The molecule has 112 valence electrons. The largest absolute Gasteiger partial charge is 0.466 e. The molecule has 0 aromatic carbocycles. The van der Waals surface area contributed by atoms with Crippen molar-refractivity contribution in [3.63, 3.8) is 0 Å². The van der Waals surface area contributed by atoms with Crippen LogP contribution in [0.4, 0.5) is 8.78 Å². The molecule has 1 fully saturated rings. The van der Waals surface area contributed by atoms with Gasteiger partial charge in [0.05, 0.1) is 25.1 Å². The molecule has 1 heterocycles. The molecule has 1 saturated heterocycles. The number of hydrogen-bond donors (Lipinski definition) is 2. The molecular formula is C11H19ClF2N2O3. The third kappa shape index (κ3) is 5.69. The van der Waals surface area contributed by atoms with Crippen molar-refractivity contribution in [1.82, 2.24) is 10.6 Å². The highest BCUT2D eigenvalue weighted by atomic mass is 35.5. The Balaban J connectivity index is 0.00000324. The molecule has 0 spiro atoms. The van der Waals surface area contributed by atoms with Crippen molar-refractivity contribution in [3.05, 3.63) is 0 Å². The van der Waals surface area contributed by atoms with E-state index in [0.29, 0.717) is 0 Å². The number of rotatable bonds is 5. The zero-order valence-electron chi connectivity index (χ0n) is 10.9. The second kappa shape index (κ2) is 7.59. The van der Waals surface area contributed by atoms with Crippen LogP contribution in [0.25, 0.3) is 0 Å². The van der Waals surface area contributed by atoms with Gasteiger partial charge >= 0.3 is 5.97 Å². The van der Waals surface area contributed by atoms with Gasteiger partial charge in [-0.15, -0.1) is 12.4 Å². The van der Waals surface area contributed by atoms with E-state index < -0.39 is 42.7 Å². The monoisotopic (exact) mass is 300 g/mol. The third-order valence-corrected chi connectivity index (χ3v) is 2.70. The minimum Gasteiger partial charge on any atom is -0.466 e. The van der Waals surface area contributed by atoms with Crippen LogP contribution in [0.2, 0.25) is 0 Å². The van der Waals surface area contributed by atoms with Crippen molar-refractivity contribution in [3.8, 4) is 0 Å². The van der Waals surface area contributed by atoms with Crippen LogP contribution in [0, 0.1) is 5.92 Å². The Morgan fingerprint density at radius 1 is 1.53 bits per heavy atom. The van der Waals surface area contributed by atoms with Gasteiger partial charge < -0.3 is 10.1 Å². The second-order valence-electron chi connectivity index (χ2n) is 4.39. The number of alkyl halides is 2. The quantitative estimate of drug-likeness (QED) is 0.734. The summed E-state index contributed by atoms with van der Waals surface area (Å²) in [7, 11) is 0. The molecule has 8 heteroatoms. The summed E-state index contributed by atoms with van der Waals surface area (Å²) in [5, 5.41) is 4.91. The molecule has 0 aromatic heterocycles. The molecular weight excluding hydrogens is 282 g/mol. The fourth-order valence-electron chi connectivity index (χ4n) is 1.65. The first-order chi connectivity index (χ1) is 8.35. The number of carbonyl (C=O) groups is 2. The highest BCUT2D eigenvalue weighted by molar-refractivity contribution is 5.85. The van der Waals surface area contributed by atoms with Gasteiger partial charge in [0, 0.05) is 13.0 Å². The van der Waals surface area contributed by atoms with Gasteiger partial charge in [0.2, 0.25) is 5.91 Å². The van der Waals surface area contributed by atoms with Crippen LogP contribution in [-0.2, 0) is 14.3 Å². The molecule has 0 bridgehead atoms. The lowest BCUT2D eigenvalue weighted by Crippen LogP contribution is -2.43. The van der Waals surface area contributed by atoms with Crippen molar-refractivity contribution in [1.29, 1.82) is 0 Å². The maximum atomic E-state index is 12.9. The number of esters is 1. The lowest BCUT2D eigenvalue weighted by molar-refractivity contribution is -0.147. The first kappa shape index (κ1) is 18.0. The number of amides is 1. The molecule has 0 aliphatic carbocycles. The Morgan fingerprint density at radius 2 is 2.16 bits per heavy atom. The van der Waals surface area contributed by atoms with E-state index in [1.165, 1.54) is 0 Å². The molecule has 1 amide bonds. The average Bonchev–Trinajstić information content (AvgIpc) is 2.66. The number of hydrogen-bond acceptors (Lipinski definition) is 4. The van der Waals surface area contributed by atoms with E-state index in [-0.39, 0.29) is 25.6 Å². The maximum absolute atomic E-state index is 12.9. The van der Waals surface area contributed by atoms with E-state index in [9.17, 15) is 18.4 Å². The fraction of sp³-hybridized carbons (Fsp3) is 0.818. The first-order valence-corrected chi connectivity index (χ1v) is 5.91. The Labute approximate surface area is 116 Å². The Bertz CT molecular complexity index is 329. The highest BCUT2D eigenvalue weighted by Crippen LogP contribution is 2.24. The van der Waals surface area contributed by atoms with Crippen molar-refractivity contribution in [2.75, 3.05) is 19.7 Å². The number of carbonyl (C=O) groups excluding carboxylic acids is 2. The van der Waals surface area contributed by atoms with Gasteiger partial charge in [-0.25, -0.2) is 8.78 Å². The summed E-state index contributed by atoms with van der Waals surface area (Å²) >= 11 is 0. The van der Waals surface area contributed by atoms with Gasteiger partial charge in [-0.3, -0.25) is 14.9 Å². The van der Waals surface area contributed by atoms with Gasteiger partial charge in [-0.05, 0) is 6.92 Å². The van der Waals surface area contributed by atoms with E-state index in [4.69, 9.17) is 4.74 Å². The third-order valence-electron chi connectivity index (χ3n) is 2.70. The molecule has 2 N–H and O–H groups in total. The zero-order chi connectivity index (χ0) is 13.8. The van der Waals surface area contributed by atoms with E-state index >= 15 is 0 Å². The topological polar surface area (TPSA) is 67.4 Å². The van der Waals surface area contributed by atoms with Gasteiger partial charge in [0.25, 0.3) is 5.92 Å². The normalized spacial score (nSPS) is 22.2. The lowest BCUT2D eigenvalue weighted by atomic mass is 10.1. The first-order valence-electron chi connectivity index (χ1n) is 5.91. The van der Waals surface area contributed by atoms with Gasteiger partial charge in [0.1, 0.15) is 0 Å². The zero-order valence-corrected chi connectivity index (χ0v) is 11.7. The van der Waals surface area contributed by atoms with Crippen LogP contribution in [0.5, 0.6) is 0 Å². The molecule has 1 aliphatic rings. The summed E-state index contributed by atoms with van der Waals surface area (Å²) < 4.78 is 30.5. The van der Waals surface area contributed by atoms with Gasteiger partial charge in [-0.2, -0.15) is 0 Å². The summed E-state index contributed by atoms with van der Waals surface area (Å²) in [6, 6.07) is -0.894. The molecule has 5 nitrogen and oxygen atoms in total. The van der Waals surface area contributed by atoms with Crippen LogP contribution in [0.1, 0.15) is 20.3 Å². The number of nitrogens with one attached hydrogen (secondary N) is 2. The molecule has 19 heavy (non-hydrogen) atoms. The van der Waals surface area contributed by atoms with Crippen molar-refractivity contribution < 1.29 is 23.1 Å². The van der Waals surface area contributed by atoms with E-state index in [1.807, 2.05) is 0 Å². The van der Waals surface area contributed by atoms with Gasteiger partial charge in [-0.1, -0.05) is 6.92 Å². The molecule has 1 rings (SSSR count). The summed E-state index contributed by atoms with van der Waals surface area (Å²) in [6.45, 7) is 3.16. The minimum absolute atomic E-state index is 0. The maximum Gasteiger partial charge on any atom is 0.310 e. The van der Waals surface area contributed by atoms with Crippen LogP contribution in [0.15, 0.2) is 0 Å². The fourth-order valence-corrected chi connectivity index (χ4v) is 1.65. The average molecular weight is 301 g/mol. The van der Waals surface area contributed by atoms with Crippen molar-refractivity contribution >= 4 is 24.3 Å². The standard InChI is InChI=1S/C11H18F2N2O3.ClH/c1-3-18-10(17)7(2)5-14-9(16)8-4-11(12,13)6-15-8;/h7-8,15H,3-6H2,1-2H3,(H,14,16);1H. The smallest absolute Gasteiger partial charge is 0.310 e. The summed E-state index contributed by atoms with van der Waals surface area (Å²) in [5.41, 5.74) is 0. The van der Waals surface area contributed by atoms with Crippen LogP contribution in [0.3, 0.4) is 0 Å². The Kier molecular flexibility index (Phi) is 7.21. The SMILES string of the molecule is CCOC(=O)C(C)CNC(=O)C1CC(F)(F)CN1.Cl. The second-order valence-corrected chi connectivity index (χ2v) is 4.39. The highest BCUT2D eigenvalue weighted by Gasteiger charge is 2.42. The Morgan fingerprint density at radius 3 is 2.63 bits per heavy atom. The molecule has 1 aliphatic heterocycles. The van der Waals surface area contributed by atoms with Crippen molar-refractivity contribution in [2.45, 2.75) is 32.2 Å². The molecule has 0 aromatic rings. The van der Waals surface area contributed by atoms with E-state index in [2.05, 4.69) is 10.6 Å². The minimum atomic E-state index is -2.84. The van der Waals surface area contributed by atoms with Crippen LogP contribution >= 0.6 is 12.4 Å². The van der Waals surface area contributed by atoms with Crippen molar-refractivity contribution in [2.24, 2.45) is 5.92 Å². The van der Waals surface area contributed by atoms with Crippen LogP contribution < -0.4 is 10.6 Å². The van der Waals surface area contributed by atoms with E-state index in [0.717, 1.165) is 0 Å². The predicted molar refractivity (Wildman–Crippen MR) is 67.4 cm³/mol.